The van der Waals surface area contributed by atoms with E-state index in [0.29, 0.717) is 38.8 Å². The molecule has 1 unspecified atom stereocenters. The lowest BCUT2D eigenvalue weighted by Gasteiger charge is -2.34. The largest absolute Gasteiger partial charge is 0.469 e. The summed E-state index contributed by atoms with van der Waals surface area (Å²) in [5, 5.41) is 4.97. The first kappa shape index (κ1) is 24.6. The number of halogens is 1. The van der Waals surface area contributed by atoms with E-state index in [4.69, 9.17) is 14.5 Å². The SMILES string of the molecule is CCN1CC(C)(C)Oc2nc(N3CCOCC3C)nc(-c3ccc(NC(=O)NC)cc3F)c2C1=O. The van der Waals surface area contributed by atoms with Gasteiger partial charge in [0.1, 0.15) is 17.0 Å². The van der Waals surface area contributed by atoms with Crippen molar-refractivity contribution >= 4 is 23.6 Å². The zero-order valence-electron chi connectivity index (χ0n) is 20.6. The number of rotatable bonds is 4. The molecule has 2 aromatic rings. The fourth-order valence-electron chi connectivity index (χ4n) is 4.26. The molecule has 1 aromatic heterocycles. The van der Waals surface area contributed by atoms with Gasteiger partial charge in [-0.3, -0.25) is 4.79 Å². The average Bonchev–Trinajstić information content (AvgIpc) is 2.91. The van der Waals surface area contributed by atoms with Gasteiger partial charge in [0.05, 0.1) is 31.5 Å². The van der Waals surface area contributed by atoms with E-state index < -0.39 is 17.4 Å². The van der Waals surface area contributed by atoms with Crippen LogP contribution in [-0.4, -0.2) is 78.3 Å². The fourth-order valence-corrected chi connectivity index (χ4v) is 4.26. The van der Waals surface area contributed by atoms with Crippen LogP contribution in [-0.2, 0) is 4.74 Å². The second kappa shape index (κ2) is 9.65. The number of likely N-dealkylation sites (N-methyl/N-ethyl adjacent to an activating group) is 1. The number of hydrogen-bond acceptors (Lipinski definition) is 7. The van der Waals surface area contributed by atoms with Crippen molar-refractivity contribution < 1.29 is 23.5 Å². The first-order valence-corrected chi connectivity index (χ1v) is 11.7. The Morgan fingerprint density at radius 3 is 2.74 bits per heavy atom. The Balaban J connectivity index is 1.91. The van der Waals surface area contributed by atoms with Crippen LogP contribution in [0.2, 0.25) is 0 Å². The minimum absolute atomic E-state index is 0.0136. The van der Waals surface area contributed by atoms with Gasteiger partial charge in [-0.1, -0.05) is 0 Å². The lowest BCUT2D eigenvalue weighted by molar-refractivity contribution is 0.0541. The molecule has 0 saturated carbocycles. The average molecular weight is 487 g/mol. The number of anilines is 2. The minimum atomic E-state index is -0.712. The van der Waals surface area contributed by atoms with Crippen LogP contribution in [0.5, 0.6) is 5.88 Å². The van der Waals surface area contributed by atoms with Crippen LogP contribution in [0.25, 0.3) is 11.3 Å². The Morgan fingerprint density at radius 2 is 2.09 bits per heavy atom. The zero-order valence-corrected chi connectivity index (χ0v) is 20.6. The Kier molecular flexibility index (Phi) is 6.79. The molecule has 0 spiro atoms. The molecule has 3 heterocycles. The summed E-state index contributed by atoms with van der Waals surface area (Å²) in [6.45, 7) is 9.99. The number of hydrogen-bond donors (Lipinski definition) is 2. The number of nitrogens with zero attached hydrogens (tertiary/aromatic N) is 4. The van der Waals surface area contributed by atoms with Gasteiger partial charge in [0.2, 0.25) is 11.8 Å². The van der Waals surface area contributed by atoms with E-state index in [1.165, 1.54) is 19.2 Å². The lowest BCUT2D eigenvalue weighted by atomic mass is 10.0. The molecule has 1 saturated heterocycles. The number of aromatic nitrogens is 2. The summed E-state index contributed by atoms with van der Waals surface area (Å²) in [6, 6.07) is 3.76. The van der Waals surface area contributed by atoms with E-state index in [1.807, 2.05) is 32.6 Å². The van der Waals surface area contributed by atoms with Crippen molar-refractivity contribution in [3.05, 3.63) is 29.6 Å². The molecule has 3 amide bonds. The van der Waals surface area contributed by atoms with E-state index >= 15 is 4.39 Å². The van der Waals surface area contributed by atoms with Crippen molar-refractivity contribution in [2.75, 3.05) is 50.1 Å². The maximum atomic E-state index is 15.4. The molecule has 188 valence electrons. The van der Waals surface area contributed by atoms with Gasteiger partial charge in [-0.25, -0.2) is 14.2 Å². The second-order valence-corrected chi connectivity index (χ2v) is 9.25. The second-order valence-electron chi connectivity index (χ2n) is 9.25. The van der Waals surface area contributed by atoms with E-state index in [2.05, 4.69) is 15.6 Å². The number of nitrogens with one attached hydrogen (secondary N) is 2. The highest BCUT2D eigenvalue weighted by Crippen LogP contribution is 2.37. The first-order chi connectivity index (χ1) is 16.6. The number of ether oxygens (including phenoxy) is 2. The number of carbonyl (C=O) groups is 2. The van der Waals surface area contributed by atoms with Gasteiger partial charge < -0.3 is 29.9 Å². The topological polar surface area (TPSA) is 109 Å². The minimum Gasteiger partial charge on any atom is -0.469 e. The van der Waals surface area contributed by atoms with E-state index in [9.17, 15) is 9.59 Å². The number of fused-ring (bicyclic) bond motifs is 1. The summed E-state index contributed by atoms with van der Waals surface area (Å²) in [4.78, 5) is 38.2. The van der Waals surface area contributed by atoms with Gasteiger partial charge in [-0.2, -0.15) is 4.98 Å². The Labute approximate surface area is 203 Å². The summed E-state index contributed by atoms with van der Waals surface area (Å²) in [5.74, 6) is -0.492. The maximum Gasteiger partial charge on any atom is 0.318 e. The molecule has 1 aromatic carbocycles. The Morgan fingerprint density at radius 1 is 1.31 bits per heavy atom. The van der Waals surface area contributed by atoms with Crippen LogP contribution < -0.4 is 20.3 Å². The standard InChI is InChI=1S/C24H31FN6O4/c1-6-30-13-24(3,4)35-20-18(21(30)32)19(28-22(29-20)31-9-10-34-12-14(31)2)16-8-7-15(11-17(16)25)27-23(33)26-5/h7-8,11,14H,6,9-10,12-13H2,1-5H3,(H2,26,27,33). The summed E-state index contributed by atoms with van der Waals surface area (Å²) in [5.41, 5.74) is -0.0644. The predicted octanol–water partition coefficient (Wildman–Crippen LogP) is 2.89. The van der Waals surface area contributed by atoms with Crippen molar-refractivity contribution in [1.82, 2.24) is 20.2 Å². The molecular weight excluding hydrogens is 455 g/mol. The molecule has 4 rings (SSSR count). The molecule has 1 atom stereocenters. The molecule has 1 fully saturated rings. The van der Waals surface area contributed by atoms with Crippen molar-refractivity contribution in [2.45, 2.75) is 39.3 Å². The van der Waals surface area contributed by atoms with Gasteiger partial charge in [0, 0.05) is 31.4 Å². The molecule has 0 bridgehead atoms. The number of carbonyl (C=O) groups excluding carboxylic acids is 2. The highest BCUT2D eigenvalue weighted by Gasteiger charge is 2.38. The van der Waals surface area contributed by atoms with E-state index in [-0.39, 0.29) is 40.3 Å². The highest BCUT2D eigenvalue weighted by atomic mass is 19.1. The first-order valence-electron chi connectivity index (χ1n) is 11.7. The number of morpholine rings is 1. The van der Waals surface area contributed by atoms with Gasteiger partial charge in [-0.15, -0.1) is 0 Å². The van der Waals surface area contributed by atoms with Crippen LogP contribution >= 0.6 is 0 Å². The third kappa shape index (κ3) is 5.00. The molecular formula is C24H31FN6O4. The predicted molar refractivity (Wildman–Crippen MR) is 129 cm³/mol. The molecule has 11 heteroatoms. The molecule has 0 aliphatic carbocycles. The van der Waals surface area contributed by atoms with E-state index in [1.54, 1.807) is 11.0 Å². The van der Waals surface area contributed by atoms with Gasteiger partial charge in [-0.05, 0) is 45.9 Å². The molecule has 0 radical (unpaired) electrons. The van der Waals surface area contributed by atoms with E-state index in [0.717, 1.165) is 0 Å². The smallest absolute Gasteiger partial charge is 0.318 e. The van der Waals surface area contributed by atoms with Crippen LogP contribution in [0, 0.1) is 5.82 Å². The third-order valence-electron chi connectivity index (χ3n) is 6.03. The summed E-state index contributed by atoms with van der Waals surface area (Å²) < 4.78 is 27.2. The Hall–Kier alpha value is -3.47. The number of urea groups is 1. The van der Waals surface area contributed by atoms with Crippen molar-refractivity contribution in [1.29, 1.82) is 0 Å². The highest BCUT2D eigenvalue weighted by molar-refractivity contribution is 6.03. The number of benzene rings is 1. The molecule has 35 heavy (non-hydrogen) atoms. The van der Waals surface area contributed by atoms with Crippen molar-refractivity contribution in [3.8, 4) is 17.1 Å². The molecule has 2 aliphatic rings. The van der Waals surface area contributed by atoms with Gasteiger partial charge in [0.15, 0.2) is 0 Å². The molecule has 2 N–H and O–H groups in total. The zero-order chi connectivity index (χ0) is 25.3. The van der Waals surface area contributed by atoms with Gasteiger partial charge in [0.25, 0.3) is 5.91 Å². The van der Waals surface area contributed by atoms with Crippen LogP contribution in [0.3, 0.4) is 0 Å². The molecule has 10 nitrogen and oxygen atoms in total. The molecule has 2 aliphatic heterocycles. The van der Waals surface area contributed by atoms with Crippen LogP contribution in [0.15, 0.2) is 18.2 Å². The maximum absolute atomic E-state index is 15.4. The summed E-state index contributed by atoms with van der Waals surface area (Å²) in [7, 11) is 1.47. The lowest BCUT2D eigenvalue weighted by Crippen LogP contribution is -2.44. The normalized spacial score (nSPS) is 19.5. The third-order valence-corrected chi connectivity index (χ3v) is 6.03. The van der Waals surface area contributed by atoms with Crippen molar-refractivity contribution in [3.63, 3.8) is 0 Å². The monoisotopic (exact) mass is 486 g/mol. The fraction of sp³-hybridized carbons (Fsp3) is 0.500. The summed E-state index contributed by atoms with van der Waals surface area (Å²) in [6.07, 6.45) is 0. The van der Waals surface area contributed by atoms with Crippen LogP contribution in [0.4, 0.5) is 20.8 Å². The quantitative estimate of drug-likeness (QED) is 0.684. The Bertz CT molecular complexity index is 1140. The van der Waals surface area contributed by atoms with Crippen molar-refractivity contribution in [2.24, 2.45) is 0 Å². The van der Waals surface area contributed by atoms with Gasteiger partial charge >= 0.3 is 6.03 Å². The number of amides is 3. The summed E-state index contributed by atoms with van der Waals surface area (Å²) >= 11 is 0. The van der Waals surface area contributed by atoms with Crippen LogP contribution in [0.1, 0.15) is 38.1 Å².